The minimum atomic E-state index is -4.05. The highest BCUT2D eigenvalue weighted by Gasteiger charge is 2.31. The fraction of sp³-hybridized carbons (Fsp3) is 0.548. The molecular formula is C31H45O10P. The Balaban J connectivity index is 2.17. The molecule has 0 fully saturated rings. The van der Waals surface area contributed by atoms with E-state index < -0.39 is 50.3 Å². The van der Waals surface area contributed by atoms with Crippen LogP contribution in [-0.2, 0) is 32.7 Å². The van der Waals surface area contributed by atoms with Crippen molar-refractivity contribution < 1.29 is 47.3 Å². The van der Waals surface area contributed by atoms with E-state index in [2.05, 4.69) is 6.92 Å². The molecule has 0 spiro atoms. The van der Waals surface area contributed by atoms with Gasteiger partial charge in [0.15, 0.2) is 6.35 Å². The predicted octanol–water partition coefficient (Wildman–Crippen LogP) is 7.97. The van der Waals surface area contributed by atoms with Crippen LogP contribution >= 0.6 is 7.60 Å². The lowest BCUT2D eigenvalue weighted by Crippen LogP contribution is -2.25. The van der Waals surface area contributed by atoms with Gasteiger partial charge in [0.25, 0.3) is 0 Å². The molecule has 0 amide bonds. The van der Waals surface area contributed by atoms with Gasteiger partial charge in [0.05, 0.1) is 10.8 Å². The van der Waals surface area contributed by atoms with Gasteiger partial charge in [-0.3, -0.25) is 23.2 Å². The molecule has 0 saturated carbocycles. The summed E-state index contributed by atoms with van der Waals surface area (Å²) in [5, 5.41) is 10.2. The van der Waals surface area contributed by atoms with Crippen molar-refractivity contribution in [2.45, 2.75) is 81.6 Å². The summed E-state index contributed by atoms with van der Waals surface area (Å²) in [4.78, 5) is 24.2. The van der Waals surface area contributed by atoms with E-state index in [1.807, 2.05) is 26.8 Å². The second-order valence-electron chi connectivity index (χ2n) is 12.3. The highest BCUT2D eigenvalue weighted by molar-refractivity contribution is 7.53. The van der Waals surface area contributed by atoms with Crippen LogP contribution in [0.25, 0.3) is 0 Å². The molecule has 2 aromatic rings. The molecule has 1 N–H and O–H groups in total. The van der Waals surface area contributed by atoms with Crippen molar-refractivity contribution in [1.82, 2.24) is 0 Å². The van der Waals surface area contributed by atoms with Crippen molar-refractivity contribution in [2.75, 3.05) is 19.9 Å². The summed E-state index contributed by atoms with van der Waals surface area (Å²) >= 11 is 0. The largest absolute Gasteiger partial charge is 0.508 e. The van der Waals surface area contributed by atoms with Gasteiger partial charge >= 0.3 is 19.5 Å². The summed E-state index contributed by atoms with van der Waals surface area (Å²) in [6, 6.07) is 8.57. The van der Waals surface area contributed by atoms with Crippen LogP contribution < -0.4 is 9.47 Å². The number of aryl methyl sites for hydroxylation is 2. The van der Waals surface area contributed by atoms with Crippen LogP contribution in [0.1, 0.15) is 84.4 Å². The SMILES string of the molecule is CCC(C)c1cc(Oc2c(C)cc(OCP(=O)(OCOC(=O)C(C)(C)C)OCOC(=O)C(C)(C)C)cc2C)ccc1O. The first kappa shape index (κ1) is 35.1. The van der Waals surface area contributed by atoms with Crippen LogP contribution in [0, 0.1) is 24.7 Å². The first-order valence-electron chi connectivity index (χ1n) is 13.8. The molecule has 10 nitrogen and oxygen atoms in total. The van der Waals surface area contributed by atoms with Crippen LogP contribution in [0.2, 0.25) is 0 Å². The van der Waals surface area contributed by atoms with E-state index in [4.69, 9.17) is 28.0 Å². The Morgan fingerprint density at radius 3 is 1.81 bits per heavy atom. The number of phenols is 1. The van der Waals surface area contributed by atoms with Crippen LogP contribution in [0.4, 0.5) is 0 Å². The molecule has 0 heterocycles. The third-order valence-corrected chi connectivity index (χ3v) is 7.73. The highest BCUT2D eigenvalue weighted by Crippen LogP contribution is 2.48. The second-order valence-corrected chi connectivity index (χ2v) is 14.3. The molecule has 11 heteroatoms. The first-order chi connectivity index (χ1) is 19.4. The maximum Gasteiger partial charge on any atom is 0.373 e. The Hall–Kier alpha value is -3.07. The van der Waals surface area contributed by atoms with Crippen LogP contribution in [-0.4, -0.2) is 37.0 Å². The number of carbonyl (C=O) groups is 2. The zero-order chi connectivity index (χ0) is 31.9. The van der Waals surface area contributed by atoms with Crippen molar-refractivity contribution in [3.63, 3.8) is 0 Å². The zero-order valence-corrected chi connectivity index (χ0v) is 27.3. The standard InChI is InChI=1S/C31H45O10P/c1-11-20(2)25-16-23(12-13-26(25)32)41-27-21(3)14-24(15-22(27)4)38-19-42(35,39-17-36-28(33)30(5,6)7)40-18-37-29(34)31(8,9)10/h12-16,20,32H,11,17-19H2,1-10H3. The molecule has 0 aliphatic carbocycles. The number of rotatable bonds is 13. The molecule has 0 radical (unpaired) electrons. The van der Waals surface area contributed by atoms with E-state index in [0.717, 1.165) is 23.1 Å². The monoisotopic (exact) mass is 608 g/mol. The molecule has 2 rings (SSSR count). The third-order valence-electron chi connectivity index (χ3n) is 6.29. The van der Waals surface area contributed by atoms with Crippen molar-refractivity contribution in [3.8, 4) is 23.0 Å². The smallest absolute Gasteiger partial charge is 0.373 e. The quantitative estimate of drug-likeness (QED) is 0.136. The molecule has 0 bridgehead atoms. The number of carbonyl (C=O) groups excluding carboxylic acids is 2. The van der Waals surface area contributed by atoms with Gasteiger partial charge in [0, 0.05) is 5.56 Å². The summed E-state index contributed by atoms with van der Waals surface area (Å²) in [5.41, 5.74) is 0.724. The molecular weight excluding hydrogens is 563 g/mol. The average Bonchev–Trinajstić information content (AvgIpc) is 2.89. The maximum atomic E-state index is 13.5. The van der Waals surface area contributed by atoms with Crippen molar-refractivity contribution in [2.24, 2.45) is 10.8 Å². The van der Waals surface area contributed by atoms with Gasteiger partial charge in [0.1, 0.15) is 23.0 Å². The number of ether oxygens (including phenoxy) is 4. The van der Waals surface area contributed by atoms with Gasteiger partial charge in [-0.1, -0.05) is 13.8 Å². The van der Waals surface area contributed by atoms with E-state index in [1.54, 1.807) is 65.8 Å². The molecule has 42 heavy (non-hydrogen) atoms. The van der Waals surface area contributed by atoms with Crippen molar-refractivity contribution in [3.05, 3.63) is 47.0 Å². The molecule has 1 atom stereocenters. The lowest BCUT2D eigenvalue weighted by atomic mass is 9.97. The third kappa shape index (κ3) is 10.3. The Bertz CT molecular complexity index is 1230. The molecule has 0 aliphatic heterocycles. The molecule has 0 aliphatic rings. The molecule has 2 aromatic carbocycles. The second kappa shape index (κ2) is 14.4. The summed E-state index contributed by atoms with van der Waals surface area (Å²) in [6.45, 7) is 16.5. The Labute approximate surface area is 249 Å². The fourth-order valence-corrected chi connectivity index (χ4v) is 4.46. The average molecular weight is 609 g/mol. The molecule has 1 unspecified atom stereocenters. The molecule has 234 valence electrons. The minimum absolute atomic E-state index is 0.167. The van der Waals surface area contributed by atoms with E-state index >= 15 is 0 Å². The lowest BCUT2D eigenvalue weighted by molar-refractivity contribution is -0.162. The van der Waals surface area contributed by atoms with Crippen LogP contribution in [0.3, 0.4) is 0 Å². The Morgan fingerprint density at radius 1 is 0.857 bits per heavy atom. The van der Waals surface area contributed by atoms with Gasteiger partial charge in [-0.25, -0.2) is 0 Å². The zero-order valence-electron chi connectivity index (χ0n) is 26.4. The summed E-state index contributed by atoms with van der Waals surface area (Å²) in [5.74, 6) is 0.853. The summed E-state index contributed by atoms with van der Waals surface area (Å²) in [7, 11) is -4.05. The number of esters is 2. The topological polar surface area (TPSA) is 127 Å². The van der Waals surface area contributed by atoms with Crippen LogP contribution in [0.15, 0.2) is 30.3 Å². The van der Waals surface area contributed by atoms with E-state index in [0.29, 0.717) is 17.2 Å². The Kier molecular flexibility index (Phi) is 12.0. The van der Waals surface area contributed by atoms with Gasteiger partial charge in [-0.05, 0) is 109 Å². The minimum Gasteiger partial charge on any atom is -0.508 e. The predicted molar refractivity (Wildman–Crippen MR) is 159 cm³/mol. The van der Waals surface area contributed by atoms with Gasteiger partial charge < -0.3 is 24.1 Å². The number of aromatic hydroxyl groups is 1. The normalized spacial score (nSPS) is 12.9. The van der Waals surface area contributed by atoms with Crippen LogP contribution in [0.5, 0.6) is 23.0 Å². The summed E-state index contributed by atoms with van der Waals surface area (Å²) < 4.78 is 46.2. The first-order valence-corrected chi connectivity index (χ1v) is 15.6. The van der Waals surface area contributed by atoms with Gasteiger partial charge in [-0.15, -0.1) is 0 Å². The van der Waals surface area contributed by atoms with Gasteiger partial charge in [0.2, 0.25) is 13.6 Å². The summed E-state index contributed by atoms with van der Waals surface area (Å²) in [6.07, 6.45) is 0.332. The van der Waals surface area contributed by atoms with E-state index in [9.17, 15) is 19.3 Å². The number of hydrogen-bond acceptors (Lipinski definition) is 10. The highest BCUT2D eigenvalue weighted by atomic mass is 31.2. The molecule has 0 aromatic heterocycles. The molecule has 0 saturated heterocycles. The van der Waals surface area contributed by atoms with Crippen molar-refractivity contribution in [1.29, 1.82) is 0 Å². The lowest BCUT2D eigenvalue weighted by Gasteiger charge is -2.22. The Morgan fingerprint density at radius 2 is 1.36 bits per heavy atom. The fourth-order valence-electron chi connectivity index (χ4n) is 3.50. The maximum absolute atomic E-state index is 13.5. The van der Waals surface area contributed by atoms with E-state index in [-0.39, 0.29) is 11.7 Å². The number of benzene rings is 2. The van der Waals surface area contributed by atoms with Gasteiger partial charge in [-0.2, -0.15) is 0 Å². The number of hydrogen-bond donors (Lipinski definition) is 1. The van der Waals surface area contributed by atoms with Crippen molar-refractivity contribution >= 4 is 19.5 Å². The van der Waals surface area contributed by atoms with E-state index in [1.165, 1.54) is 0 Å². The number of phenolic OH excluding ortho intramolecular Hbond substituents is 1.